The molecule has 0 radical (unpaired) electrons. The van der Waals surface area contributed by atoms with Gasteiger partial charge in [0.1, 0.15) is 17.1 Å². The molecule has 3 rings (SSSR count). The summed E-state index contributed by atoms with van der Waals surface area (Å²) in [5.74, 6) is 1.40. The van der Waals surface area contributed by atoms with Crippen LogP contribution in [-0.4, -0.2) is 20.3 Å². The van der Waals surface area contributed by atoms with E-state index in [1.807, 2.05) is 42.5 Å². The molecular formula is C19H19NO4. The Labute approximate surface area is 139 Å². The zero-order valence-electron chi connectivity index (χ0n) is 13.5. The minimum atomic E-state index is -0.383. The number of hydrogen-bond acceptors (Lipinski definition) is 5. The lowest BCUT2D eigenvalue weighted by Crippen LogP contribution is -2.06. The third-order valence-electron chi connectivity index (χ3n) is 3.73. The average Bonchev–Trinajstić information content (AvgIpc) is 2.61. The molecule has 0 aliphatic carbocycles. The number of hydrogen-bond donors (Lipinski definition) is 1. The van der Waals surface area contributed by atoms with E-state index in [1.54, 1.807) is 13.2 Å². The van der Waals surface area contributed by atoms with Crippen LogP contribution in [0.25, 0.3) is 22.1 Å². The molecule has 0 bridgehead atoms. The number of fused-ring (bicyclic) bond motifs is 1. The van der Waals surface area contributed by atoms with Gasteiger partial charge in [0.15, 0.2) is 0 Å². The van der Waals surface area contributed by atoms with E-state index >= 15 is 0 Å². The Morgan fingerprint density at radius 2 is 1.79 bits per heavy atom. The molecular weight excluding hydrogens is 306 g/mol. The van der Waals surface area contributed by atoms with Gasteiger partial charge >= 0.3 is 5.63 Å². The molecule has 0 fully saturated rings. The third kappa shape index (κ3) is 3.41. The molecule has 24 heavy (non-hydrogen) atoms. The first kappa shape index (κ1) is 16.1. The number of methoxy groups -OCH3 is 1. The highest BCUT2D eigenvalue weighted by molar-refractivity contribution is 5.82. The van der Waals surface area contributed by atoms with E-state index in [0.717, 1.165) is 23.1 Å². The second-order valence-corrected chi connectivity index (χ2v) is 5.37. The quantitative estimate of drug-likeness (QED) is 0.556. The van der Waals surface area contributed by atoms with Crippen molar-refractivity contribution >= 4 is 11.0 Å². The van der Waals surface area contributed by atoms with Crippen molar-refractivity contribution in [2.45, 2.75) is 6.42 Å². The van der Waals surface area contributed by atoms with Crippen LogP contribution in [0.3, 0.4) is 0 Å². The van der Waals surface area contributed by atoms with Crippen molar-refractivity contribution in [2.24, 2.45) is 5.73 Å². The molecule has 0 aliphatic heterocycles. The summed E-state index contributed by atoms with van der Waals surface area (Å²) in [6, 6.07) is 14.6. The number of rotatable bonds is 6. The van der Waals surface area contributed by atoms with Gasteiger partial charge in [-0.2, -0.15) is 0 Å². The highest BCUT2D eigenvalue weighted by atomic mass is 16.5. The lowest BCUT2D eigenvalue weighted by Gasteiger charge is -2.07. The van der Waals surface area contributed by atoms with E-state index in [0.29, 0.717) is 30.0 Å². The molecule has 0 saturated heterocycles. The van der Waals surface area contributed by atoms with Crippen LogP contribution < -0.4 is 20.8 Å². The normalized spacial score (nSPS) is 10.8. The van der Waals surface area contributed by atoms with Crippen LogP contribution in [-0.2, 0) is 0 Å². The first-order valence-corrected chi connectivity index (χ1v) is 7.76. The van der Waals surface area contributed by atoms with Crippen LogP contribution in [0.15, 0.2) is 57.7 Å². The highest BCUT2D eigenvalue weighted by Gasteiger charge is 2.09. The molecule has 0 amide bonds. The molecule has 3 aromatic rings. The third-order valence-corrected chi connectivity index (χ3v) is 3.73. The smallest absolute Gasteiger partial charge is 0.344 e. The summed E-state index contributed by atoms with van der Waals surface area (Å²) in [5, 5.41) is 0.839. The number of benzene rings is 2. The minimum Gasteiger partial charge on any atom is -0.497 e. The second-order valence-electron chi connectivity index (χ2n) is 5.37. The first-order chi connectivity index (χ1) is 11.7. The number of ether oxygens (including phenoxy) is 2. The molecule has 0 saturated carbocycles. The van der Waals surface area contributed by atoms with Crippen LogP contribution in [0.1, 0.15) is 6.42 Å². The second kappa shape index (κ2) is 7.19. The Bertz CT molecular complexity index is 884. The van der Waals surface area contributed by atoms with E-state index in [2.05, 4.69) is 0 Å². The van der Waals surface area contributed by atoms with E-state index in [9.17, 15) is 4.79 Å². The molecule has 0 unspecified atom stereocenters. The maximum atomic E-state index is 12.3. The predicted octanol–water partition coefficient (Wildman–Crippen LogP) is 3.20. The summed E-state index contributed by atoms with van der Waals surface area (Å²) in [5.41, 5.74) is 6.87. The van der Waals surface area contributed by atoms with Gasteiger partial charge in [-0.15, -0.1) is 0 Å². The van der Waals surface area contributed by atoms with Crippen LogP contribution in [0.4, 0.5) is 0 Å². The molecule has 124 valence electrons. The molecule has 1 heterocycles. The fraction of sp³-hybridized carbons (Fsp3) is 0.211. The SMILES string of the molecule is COc1ccc(-c2cc3ccc(OCCCN)cc3oc2=O)cc1. The Balaban J connectivity index is 1.94. The van der Waals surface area contributed by atoms with E-state index in [4.69, 9.17) is 19.6 Å². The Hall–Kier alpha value is -2.79. The predicted molar refractivity (Wildman–Crippen MR) is 93.6 cm³/mol. The van der Waals surface area contributed by atoms with Crippen molar-refractivity contribution in [2.75, 3.05) is 20.3 Å². The summed E-state index contributed by atoms with van der Waals surface area (Å²) < 4.78 is 16.2. The van der Waals surface area contributed by atoms with E-state index < -0.39 is 0 Å². The van der Waals surface area contributed by atoms with E-state index in [1.165, 1.54) is 0 Å². The van der Waals surface area contributed by atoms with Crippen molar-refractivity contribution in [1.82, 2.24) is 0 Å². The lowest BCUT2D eigenvalue weighted by molar-refractivity contribution is 0.313. The van der Waals surface area contributed by atoms with Crippen molar-refractivity contribution in [3.63, 3.8) is 0 Å². The van der Waals surface area contributed by atoms with Crippen molar-refractivity contribution in [1.29, 1.82) is 0 Å². The van der Waals surface area contributed by atoms with E-state index in [-0.39, 0.29) is 5.63 Å². The first-order valence-electron chi connectivity index (χ1n) is 7.76. The Morgan fingerprint density at radius 3 is 2.50 bits per heavy atom. The fourth-order valence-corrected chi connectivity index (χ4v) is 2.43. The maximum Gasteiger partial charge on any atom is 0.344 e. The zero-order valence-corrected chi connectivity index (χ0v) is 13.5. The summed E-state index contributed by atoms with van der Waals surface area (Å²) in [6.45, 7) is 1.12. The van der Waals surface area contributed by atoms with Crippen molar-refractivity contribution in [3.8, 4) is 22.6 Å². The molecule has 0 aliphatic rings. The summed E-state index contributed by atoms with van der Waals surface area (Å²) >= 11 is 0. The highest BCUT2D eigenvalue weighted by Crippen LogP contribution is 2.25. The Morgan fingerprint density at radius 1 is 1.04 bits per heavy atom. The summed E-state index contributed by atoms with van der Waals surface area (Å²) in [6.07, 6.45) is 0.776. The van der Waals surface area contributed by atoms with Gasteiger partial charge in [0, 0.05) is 11.5 Å². The van der Waals surface area contributed by atoms with Gasteiger partial charge in [0.25, 0.3) is 0 Å². The topological polar surface area (TPSA) is 74.7 Å². The average molecular weight is 325 g/mol. The van der Waals surface area contributed by atoms with Gasteiger partial charge in [0.2, 0.25) is 0 Å². The summed E-state index contributed by atoms with van der Waals surface area (Å²) in [7, 11) is 1.60. The van der Waals surface area contributed by atoms with Gasteiger partial charge in [0.05, 0.1) is 19.3 Å². The maximum absolute atomic E-state index is 12.3. The van der Waals surface area contributed by atoms with Gasteiger partial charge in [-0.25, -0.2) is 4.79 Å². The molecule has 0 atom stereocenters. The van der Waals surface area contributed by atoms with Gasteiger partial charge < -0.3 is 19.6 Å². The molecule has 0 spiro atoms. The van der Waals surface area contributed by atoms with Crippen LogP contribution in [0.5, 0.6) is 11.5 Å². The molecule has 1 aromatic heterocycles. The van der Waals surface area contributed by atoms with Gasteiger partial charge in [-0.05, 0) is 48.9 Å². The minimum absolute atomic E-state index is 0.383. The summed E-state index contributed by atoms with van der Waals surface area (Å²) in [4.78, 5) is 12.3. The molecule has 2 aromatic carbocycles. The largest absolute Gasteiger partial charge is 0.497 e. The molecule has 2 N–H and O–H groups in total. The van der Waals surface area contributed by atoms with Crippen LogP contribution in [0.2, 0.25) is 0 Å². The van der Waals surface area contributed by atoms with Crippen LogP contribution >= 0.6 is 0 Å². The van der Waals surface area contributed by atoms with Crippen molar-refractivity contribution in [3.05, 3.63) is 59.0 Å². The Kier molecular flexibility index (Phi) is 4.82. The molecule has 5 heteroatoms. The van der Waals surface area contributed by atoms with Crippen LogP contribution in [0, 0.1) is 0 Å². The van der Waals surface area contributed by atoms with Gasteiger partial charge in [-0.1, -0.05) is 12.1 Å². The van der Waals surface area contributed by atoms with Gasteiger partial charge in [-0.3, -0.25) is 0 Å². The standard InChI is InChI=1S/C19H19NO4/c1-22-15-6-3-13(4-7-15)17-11-14-5-8-16(23-10-2-9-20)12-18(14)24-19(17)21/h3-8,11-12H,2,9-10,20H2,1H3. The molecule has 5 nitrogen and oxygen atoms in total. The zero-order chi connectivity index (χ0) is 16.9. The monoisotopic (exact) mass is 325 g/mol. The van der Waals surface area contributed by atoms with Crippen molar-refractivity contribution < 1.29 is 13.9 Å². The lowest BCUT2D eigenvalue weighted by atomic mass is 10.1. The fourth-order valence-electron chi connectivity index (χ4n) is 2.43. The number of nitrogens with two attached hydrogens (primary N) is 1.